The number of nitrogens with zero attached hydrogens (tertiary/aromatic N) is 3. The molecule has 0 saturated carbocycles. The molecule has 0 spiro atoms. The zero-order chi connectivity index (χ0) is 24.1. The Hall–Kier alpha value is -3.54. The molecule has 8 nitrogen and oxygen atoms in total. The summed E-state index contributed by atoms with van der Waals surface area (Å²) < 4.78 is 60.9. The van der Waals surface area contributed by atoms with Crippen molar-refractivity contribution in [3.05, 3.63) is 59.2 Å². The third-order valence-corrected chi connectivity index (χ3v) is 5.71. The van der Waals surface area contributed by atoms with E-state index in [1.807, 2.05) is 0 Å². The lowest BCUT2D eigenvalue weighted by Crippen LogP contribution is -2.57. The Morgan fingerprint density at radius 1 is 1.30 bits per heavy atom. The molecule has 0 unspecified atom stereocenters. The number of nitrogens with one attached hydrogen (secondary N) is 1. The molecule has 0 radical (unpaired) electrons. The fourth-order valence-corrected chi connectivity index (χ4v) is 4.01. The van der Waals surface area contributed by atoms with Gasteiger partial charge in [-0.25, -0.2) is 9.38 Å². The fourth-order valence-electron chi connectivity index (χ4n) is 4.01. The third kappa shape index (κ3) is 3.80. The molecular formula is C21H19F4N5O3. The molecule has 3 atom stereocenters. The average Bonchev–Trinajstić information content (AvgIpc) is 3.14. The van der Waals surface area contributed by atoms with Crippen molar-refractivity contribution in [1.29, 1.82) is 0 Å². The van der Waals surface area contributed by atoms with E-state index in [-0.39, 0.29) is 22.9 Å². The van der Waals surface area contributed by atoms with Crippen LogP contribution in [-0.4, -0.2) is 53.6 Å². The lowest BCUT2D eigenvalue weighted by molar-refractivity contribution is -0.218. The summed E-state index contributed by atoms with van der Waals surface area (Å²) in [6, 6.07) is 6.50. The van der Waals surface area contributed by atoms with Crippen molar-refractivity contribution in [3.63, 3.8) is 0 Å². The number of rotatable bonds is 3. The smallest absolute Gasteiger partial charge is 0.369 e. The summed E-state index contributed by atoms with van der Waals surface area (Å²) in [6.07, 6.45) is -5.91. The summed E-state index contributed by atoms with van der Waals surface area (Å²) in [5, 5.41) is 2.53. The van der Waals surface area contributed by atoms with E-state index in [0.717, 1.165) is 22.6 Å². The molecule has 2 aliphatic heterocycles. The maximum atomic E-state index is 15.0. The van der Waals surface area contributed by atoms with Gasteiger partial charge in [-0.15, -0.1) is 0 Å². The number of fused-ring (bicyclic) bond motifs is 1. The summed E-state index contributed by atoms with van der Waals surface area (Å²) >= 11 is 0. The van der Waals surface area contributed by atoms with Crippen molar-refractivity contribution < 1.29 is 31.9 Å². The first-order valence-corrected chi connectivity index (χ1v) is 9.79. The number of hydrogen-bond donors (Lipinski definition) is 2. The van der Waals surface area contributed by atoms with Gasteiger partial charge in [0, 0.05) is 24.5 Å². The van der Waals surface area contributed by atoms with E-state index in [2.05, 4.69) is 15.3 Å². The Bertz CT molecular complexity index is 1150. The number of carbonyl (C=O) groups excluding carboxylic acids is 2. The van der Waals surface area contributed by atoms with E-state index >= 15 is 0 Å². The molecule has 0 aliphatic carbocycles. The molecule has 174 valence electrons. The largest absolute Gasteiger partial charge is 0.415 e. The lowest BCUT2D eigenvalue weighted by atomic mass is 9.76. The van der Waals surface area contributed by atoms with Crippen LogP contribution in [-0.2, 0) is 15.1 Å². The third-order valence-electron chi connectivity index (χ3n) is 5.71. The van der Waals surface area contributed by atoms with Crippen molar-refractivity contribution in [3.8, 4) is 0 Å². The Morgan fingerprint density at radius 2 is 2.03 bits per heavy atom. The minimum absolute atomic E-state index is 0.0718. The van der Waals surface area contributed by atoms with Crippen LogP contribution in [0, 0.1) is 18.7 Å². The maximum absolute atomic E-state index is 15.0. The number of aryl methyl sites for hydroxylation is 1. The van der Waals surface area contributed by atoms with Crippen molar-refractivity contribution in [2.24, 2.45) is 16.6 Å². The summed E-state index contributed by atoms with van der Waals surface area (Å²) in [5.74, 6) is -4.80. The minimum atomic E-state index is -4.90. The van der Waals surface area contributed by atoms with Gasteiger partial charge in [0.2, 0.25) is 5.91 Å². The number of carbonyl (C=O) groups is 2. The highest BCUT2D eigenvalue weighted by atomic mass is 19.4. The molecule has 1 aromatic carbocycles. The van der Waals surface area contributed by atoms with Crippen molar-refractivity contribution in [1.82, 2.24) is 9.88 Å². The molecule has 2 aliphatic rings. The van der Waals surface area contributed by atoms with Crippen molar-refractivity contribution in [2.45, 2.75) is 24.7 Å². The number of aromatic nitrogens is 1. The van der Waals surface area contributed by atoms with Crippen LogP contribution in [0.2, 0.25) is 0 Å². The summed E-state index contributed by atoms with van der Waals surface area (Å²) in [5.41, 5.74) is 4.37. The average molecular weight is 465 g/mol. The quantitative estimate of drug-likeness (QED) is 0.677. The number of halogens is 4. The van der Waals surface area contributed by atoms with Crippen LogP contribution in [0.4, 0.5) is 23.2 Å². The lowest BCUT2D eigenvalue weighted by Gasteiger charge is -2.39. The normalized spacial score (nSPS) is 25.0. The number of benzene rings is 1. The van der Waals surface area contributed by atoms with Gasteiger partial charge < -0.3 is 15.8 Å². The molecule has 1 saturated heterocycles. The van der Waals surface area contributed by atoms with Crippen LogP contribution in [0.5, 0.6) is 0 Å². The predicted octanol–water partition coefficient (Wildman–Crippen LogP) is 2.34. The number of aliphatic imine (C=N–C) groups is 1. The second kappa shape index (κ2) is 7.80. The van der Waals surface area contributed by atoms with Gasteiger partial charge in [-0.1, -0.05) is 6.07 Å². The minimum Gasteiger partial charge on any atom is -0.369 e. The molecule has 0 bridgehead atoms. The molecule has 3 N–H and O–H groups in total. The van der Waals surface area contributed by atoms with Gasteiger partial charge in [-0.2, -0.15) is 13.2 Å². The molecule has 12 heteroatoms. The Balaban J connectivity index is 1.77. The maximum Gasteiger partial charge on any atom is 0.415 e. The van der Waals surface area contributed by atoms with E-state index in [0.29, 0.717) is 0 Å². The number of guanidine groups is 1. The Kier molecular flexibility index (Phi) is 5.35. The molecule has 2 amide bonds. The molecule has 4 rings (SSSR count). The van der Waals surface area contributed by atoms with E-state index in [1.165, 1.54) is 25.4 Å². The van der Waals surface area contributed by atoms with E-state index < -0.39 is 48.0 Å². The van der Waals surface area contributed by atoms with E-state index in [1.54, 1.807) is 13.0 Å². The van der Waals surface area contributed by atoms with Gasteiger partial charge >= 0.3 is 6.18 Å². The molecule has 3 heterocycles. The van der Waals surface area contributed by atoms with Gasteiger partial charge in [0.25, 0.3) is 5.91 Å². The monoisotopic (exact) mass is 465 g/mol. The van der Waals surface area contributed by atoms with Gasteiger partial charge in [-0.05, 0) is 36.8 Å². The molecular weight excluding hydrogens is 446 g/mol. The number of ether oxygens (including phenoxy) is 1. The van der Waals surface area contributed by atoms with E-state index in [9.17, 15) is 27.2 Å². The Morgan fingerprint density at radius 3 is 2.67 bits per heavy atom. The second-order valence-electron chi connectivity index (χ2n) is 7.91. The fraction of sp³-hybridized carbons (Fsp3) is 0.333. The van der Waals surface area contributed by atoms with Gasteiger partial charge in [-0.3, -0.25) is 19.5 Å². The van der Waals surface area contributed by atoms with Crippen LogP contribution in [0.25, 0.3) is 0 Å². The number of anilines is 1. The standard InChI is InChI=1S/C21H19F4N5O3/c1-10-3-6-14(27-8-10)17(31)28-11-4-5-13(22)12(7-11)20-9-33-16(21(23,24)25)15(20)18(32)30(2)19(26)29-20/h3-8,15-16H,9H2,1-2H3,(H2,26,29)(H,28,31)/t15-,16-,20+/m0/s1. The number of amides is 2. The van der Waals surface area contributed by atoms with Crippen LogP contribution < -0.4 is 11.1 Å². The number of pyridine rings is 1. The SMILES string of the molecule is Cc1ccc(C(=O)Nc2ccc(F)c([C@]34CO[C@H](C(F)(F)F)[C@H]3C(=O)N(C)C(N)=N4)c2)nc1. The molecule has 1 aromatic heterocycles. The summed E-state index contributed by atoms with van der Waals surface area (Å²) in [4.78, 5) is 34.2. The van der Waals surface area contributed by atoms with Crippen LogP contribution in [0.1, 0.15) is 21.6 Å². The first kappa shape index (κ1) is 22.6. The highest BCUT2D eigenvalue weighted by Gasteiger charge is 2.66. The van der Waals surface area contributed by atoms with Crippen LogP contribution >= 0.6 is 0 Å². The highest BCUT2D eigenvalue weighted by molar-refractivity contribution is 6.03. The number of alkyl halides is 3. The van der Waals surface area contributed by atoms with Crippen molar-refractivity contribution in [2.75, 3.05) is 19.0 Å². The summed E-state index contributed by atoms with van der Waals surface area (Å²) in [7, 11) is 1.18. The predicted molar refractivity (Wildman–Crippen MR) is 109 cm³/mol. The molecule has 2 aromatic rings. The van der Waals surface area contributed by atoms with E-state index in [4.69, 9.17) is 10.5 Å². The topological polar surface area (TPSA) is 110 Å². The first-order valence-electron chi connectivity index (χ1n) is 9.79. The summed E-state index contributed by atoms with van der Waals surface area (Å²) in [6.45, 7) is 1.07. The molecule has 1 fully saturated rings. The van der Waals surface area contributed by atoms with Gasteiger partial charge in [0.15, 0.2) is 12.1 Å². The molecule has 33 heavy (non-hydrogen) atoms. The van der Waals surface area contributed by atoms with Gasteiger partial charge in [0.05, 0.1) is 6.61 Å². The van der Waals surface area contributed by atoms with Crippen LogP contribution in [0.15, 0.2) is 41.5 Å². The van der Waals surface area contributed by atoms with Crippen LogP contribution in [0.3, 0.4) is 0 Å². The second-order valence-corrected chi connectivity index (χ2v) is 7.91. The number of nitrogens with two attached hydrogens (primary N) is 1. The van der Waals surface area contributed by atoms with Gasteiger partial charge in [0.1, 0.15) is 23.0 Å². The Labute approximate surface area is 185 Å². The highest BCUT2D eigenvalue weighted by Crippen LogP contribution is 2.51. The van der Waals surface area contributed by atoms with Crippen molar-refractivity contribution >= 4 is 23.5 Å². The first-order chi connectivity index (χ1) is 15.4. The zero-order valence-electron chi connectivity index (χ0n) is 17.5. The zero-order valence-corrected chi connectivity index (χ0v) is 17.5. The number of hydrogen-bond acceptors (Lipinski definition) is 6.